The fourth-order valence-corrected chi connectivity index (χ4v) is 4.39. The van der Waals surface area contributed by atoms with Gasteiger partial charge in [0.25, 0.3) is 5.91 Å². The Morgan fingerprint density at radius 3 is 2.75 bits per heavy atom. The molecule has 36 heavy (non-hydrogen) atoms. The van der Waals surface area contributed by atoms with Gasteiger partial charge in [-0.25, -0.2) is 8.78 Å². The zero-order valence-electron chi connectivity index (χ0n) is 19.9. The second-order valence-electron chi connectivity index (χ2n) is 8.51. The molecule has 2 heterocycles. The van der Waals surface area contributed by atoms with Gasteiger partial charge in [0.15, 0.2) is 0 Å². The Hall–Kier alpha value is -3.50. The maximum Gasteiger partial charge on any atom is 0.258 e. The zero-order chi connectivity index (χ0) is 25.8. The minimum Gasteiger partial charge on any atom is -0.493 e. The van der Waals surface area contributed by atoms with Crippen molar-refractivity contribution in [3.63, 3.8) is 0 Å². The molecule has 1 aromatic heterocycles. The molecular weight excluding hydrogens is 492 g/mol. The fraction of sp³-hybridized carbons (Fsp3) is 0.320. The highest BCUT2D eigenvalue weighted by Gasteiger charge is 2.22. The number of nitrogens with one attached hydrogen (secondary N) is 2. The number of piperazine rings is 1. The topological polar surface area (TPSA) is 88.5 Å². The van der Waals surface area contributed by atoms with E-state index in [9.17, 15) is 18.4 Å². The molecule has 2 N–H and O–H groups in total. The number of benzene rings is 2. The Kier molecular flexibility index (Phi) is 7.85. The van der Waals surface area contributed by atoms with Crippen LogP contribution < -0.4 is 15.4 Å². The SMILES string of the molecule is CC(=O)N1CCNC(CCOc2ccc(NC(=O)c3ccc(F)cc3F)cc2-c2c(Cl)cnn2C)C1. The first-order valence-corrected chi connectivity index (χ1v) is 11.8. The number of aromatic nitrogens is 2. The molecule has 1 unspecified atom stereocenters. The van der Waals surface area contributed by atoms with E-state index in [2.05, 4.69) is 15.7 Å². The Balaban J connectivity index is 1.53. The number of carbonyl (C=O) groups is 2. The van der Waals surface area contributed by atoms with Gasteiger partial charge in [-0.05, 0) is 36.8 Å². The summed E-state index contributed by atoms with van der Waals surface area (Å²) in [6, 6.07) is 7.84. The number of anilines is 1. The molecule has 2 amide bonds. The molecule has 2 aromatic carbocycles. The predicted molar refractivity (Wildman–Crippen MR) is 132 cm³/mol. The van der Waals surface area contributed by atoms with Crippen LogP contribution in [0, 0.1) is 11.6 Å². The maximum atomic E-state index is 14.1. The van der Waals surface area contributed by atoms with Gasteiger partial charge in [-0.3, -0.25) is 14.3 Å². The fourth-order valence-electron chi connectivity index (χ4n) is 4.12. The average molecular weight is 518 g/mol. The Morgan fingerprint density at radius 2 is 2.06 bits per heavy atom. The van der Waals surface area contributed by atoms with E-state index in [0.29, 0.717) is 59.9 Å². The first kappa shape index (κ1) is 25.6. The minimum absolute atomic E-state index is 0.0497. The second kappa shape index (κ2) is 11.0. The van der Waals surface area contributed by atoms with E-state index >= 15 is 0 Å². The number of amides is 2. The molecule has 4 rings (SSSR count). The summed E-state index contributed by atoms with van der Waals surface area (Å²) in [5.41, 5.74) is 1.25. The normalized spacial score (nSPS) is 15.6. The van der Waals surface area contributed by atoms with Crippen LogP contribution >= 0.6 is 11.6 Å². The summed E-state index contributed by atoms with van der Waals surface area (Å²) in [4.78, 5) is 26.1. The average Bonchev–Trinajstić information content (AvgIpc) is 3.17. The van der Waals surface area contributed by atoms with Crippen molar-refractivity contribution in [2.24, 2.45) is 7.05 Å². The standard InChI is InChI=1S/C25H26ClF2N5O3/c1-15(34)33-9-8-29-18(14-33)7-10-36-23-6-4-17(12-20(23)24-21(26)13-30-32(24)2)31-25(35)19-5-3-16(27)11-22(19)28/h3-6,11-13,18,29H,7-10,14H2,1-2H3,(H,31,35). The van der Waals surface area contributed by atoms with Gasteiger partial charge in [-0.15, -0.1) is 0 Å². The monoisotopic (exact) mass is 517 g/mol. The number of nitrogens with zero attached hydrogens (tertiary/aromatic N) is 3. The van der Waals surface area contributed by atoms with Crippen LogP contribution in [0.3, 0.4) is 0 Å². The van der Waals surface area contributed by atoms with Crippen molar-refractivity contribution in [1.82, 2.24) is 20.0 Å². The number of rotatable bonds is 7. The minimum atomic E-state index is -0.956. The molecule has 11 heteroatoms. The molecule has 1 atom stereocenters. The third-order valence-electron chi connectivity index (χ3n) is 5.99. The number of ether oxygens (including phenoxy) is 1. The van der Waals surface area contributed by atoms with Crippen molar-refractivity contribution < 1.29 is 23.1 Å². The van der Waals surface area contributed by atoms with Gasteiger partial charge in [-0.1, -0.05) is 11.6 Å². The van der Waals surface area contributed by atoms with E-state index in [4.69, 9.17) is 16.3 Å². The number of carbonyl (C=O) groups excluding carboxylic acids is 2. The van der Waals surface area contributed by atoms with Gasteiger partial charge in [0.1, 0.15) is 17.4 Å². The molecule has 3 aromatic rings. The van der Waals surface area contributed by atoms with Crippen LogP contribution in [0.4, 0.5) is 14.5 Å². The zero-order valence-corrected chi connectivity index (χ0v) is 20.6. The van der Waals surface area contributed by atoms with Crippen LogP contribution in [0.25, 0.3) is 11.3 Å². The smallest absolute Gasteiger partial charge is 0.258 e. The summed E-state index contributed by atoms with van der Waals surface area (Å²) in [5.74, 6) is -1.88. The molecule has 0 radical (unpaired) electrons. The molecule has 1 saturated heterocycles. The van der Waals surface area contributed by atoms with E-state index in [1.807, 2.05) is 4.90 Å². The van der Waals surface area contributed by atoms with Gasteiger partial charge >= 0.3 is 0 Å². The van der Waals surface area contributed by atoms with Crippen molar-refractivity contribution in [1.29, 1.82) is 0 Å². The van der Waals surface area contributed by atoms with Crippen LogP contribution in [-0.4, -0.2) is 58.8 Å². The molecule has 1 fully saturated rings. The summed E-state index contributed by atoms with van der Waals surface area (Å²) in [5, 5.41) is 10.6. The predicted octanol–water partition coefficient (Wildman–Crippen LogP) is 3.86. The molecule has 1 aliphatic rings. The highest BCUT2D eigenvalue weighted by atomic mass is 35.5. The van der Waals surface area contributed by atoms with E-state index in [-0.39, 0.29) is 17.5 Å². The van der Waals surface area contributed by atoms with E-state index < -0.39 is 17.5 Å². The lowest BCUT2D eigenvalue weighted by Gasteiger charge is -2.33. The third kappa shape index (κ3) is 5.83. The number of aryl methyl sites for hydroxylation is 1. The Bertz CT molecular complexity index is 1260. The Labute approximate surface area is 212 Å². The summed E-state index contributed by atoms with van der Waals surface area (Å²) < 4.78 is 35.0. The van der Waals surface area contributed by atoms with Gasteiger partial charge in [0, 0.05) is 57.0 Å². The third-order valence-corrected chi connectivity index (χ3v) is 6.26. The van der Waals surface area contributed by atoms with Crippen molar-refractivity contribution in [2.75, 3.05) is 31.6 Å². The van der Waals surface area contributed by atoms with Gasteiger partial charge in [0.05, 0.1) is 29.1 Å². The second-order valence-corrected chi connectivity index (χ2v) is 8.91. The van der Waals surface area contributed by atoms with Crippen molar-refractivity contribution in [2.45, 2.75) is 19.4 Å². The maximum absolute atomic E-state index is 14.1. The lowest BCUT2D eigenvalue weighted by molar-refractivity contribution is -0.130. The summed E-state index contributed by atoms with van der Waals surface area (Å²) in [7, 11) is 1.73. The first-order valence-electron chi connectivity index (χ1n) is 11.4. The van der Waals surface area contributed by atoms with Crippen molar-refractivity contribution in [3.05, 3.63) is 64.8 Å². The molecule has 0 bridgehead atoms. The largest absolute Gasteiger partial charge is 0.493 e. The van der Waals surface area contributed by atoms with E-state index in [1.54, 1.807) is 36.9 Å². The van der Waals surface area contributed by atoms with Gasteiger partial charge in [0.2, 0.25) is 5.91 Å². The lowest BCUT2D eigenvalue weighted by Crippen LogP contribution is -2.52. The number of halogens is 3. The van der Waals surface area contributed by atoms with Crippen LogP contribution in [0.1, 0.15) is 23.7 Å². The van der Waals surface area contributed by atoms with Crippen LogP contribution in [-0.2, 0) is 11.8 Å². The number of hydrogen-bond acceptors (Lipinski definition) is 5. The molecule has 0 aliphatic carbocycles. The quantitative estimate of drug-likeness (QED) is 0.497. The van der Waals surface area contributed by atoms with Gasteiger partial charge < -0.3 is 20.3 Å². The van der Waals surface area contributed by atoms with Crippen molar-refractivity contribution >= 4 is 29.1 Å². The molecular formula is C25H26ClF2N5O3. The molecule has 1 aliphatic heterocycles. The van der Waals surface area contributed by atoms with Crippen LogP contribution in [0.5, 0.6) is 5.75 Å². The molecule has 0 saturated carbocycles. The van der Waals surface area contributed by atoms with E-state index in [0.717, 1.165) is 18.7 Å². The Morgan fingerprint density at radius 1 is 1.25 bits per heavy atom. The highest BCUT2D eigenvalue weighted by molar-refractivity contribution is 6.33. The molecule has 0 spiro atoms. The molecule has 190 valence electrons. The summed E-state index contributed by atoms with van der Waals surface area (Å²) in [6.45, 7) is 3.96. The van der Waals surface area contributed by atoms with Crippen LogP contribution in [0.15, 0.2) is 42.6 Å². The van der Waals surface area contributed by atoms with Gasteiger partial charge in [-0.2, -0.15) is 5.10 Å². The lowest BCUT2D eigenvalue weighted by atomic mass is 10.1. The first-order chi connectivity index (χ1) is 17.2. The summed E-state index contributed by atoms with van der Waals surface area (Å²) in [6.07, 6.45) is 2.17. The molecule has 8 nitrogen and oxygen atoms in total. The van der Waals surface area contributed by atoms with Crippen LogP contribution in [0.2, 0.25) is 5.02 Å². The summed E-state index contributed by atoms with van der Waals surface area (Å²) >= 11 is 6.38. The van der Waals surface area contributed by atoms with E-state index in [1.165, 1.54) is 6.20 Å². The highest BCUT2D eigenvalue weighted by Crippen LogP contribution is 2.37. The van der Waals surface area contributed by atoms with Crippen molar-refractivity contribution in [3.8, 4) is 17.0 Å². The number of hydrogen-bond donors (Lipinski definition) is 2.